The van der Waals surface area contributed by atoms with Crippen LogP contribution in [0.1, 0.15) is 42.1 Å². The number of fused-ring (bicyclic) bond motifs is 1. The third-order valence-corrected chi connectivity index (χ3v) is 5.82. The summed E-state index contributed by atoms with van der Waals surface area (Å²) in [5.41, 5.74) is 2.28. The molecule has 1 aliphatic rings. The zero-order valence-electron chi connectivity index (χ0n) is 17.4. The molecule has 4 aromatic rings. The van der Waals surface area contributed by atoms with Crippen LogP contribution in [0.4, 0.5) is 4.39 Å². The summed E-state index contributed by atoms with van der Waals surface area (Å²) in [5.74, 6) is 0.388. The van der Waals surface area contributed by atoms with Crippen LogP contribution >= 0.6 is 0 Å². The van der Waals surface area contributed by atoms with Gasteiger partial charge in [0.1, 0.15) is 24.8 Å². The molecule has 0 unspecified atom stereocenters. The predicted octanol–water partition coefficient (Wildman–Crippen LogP) is 2.78. The SMILES string of the molecule is C[C@@H]1C=C(c2ccc(C#N)c(F)c2)C[C@@H]1c1noc(Cn2cnc3ncn(C)c3c2=O)n1. The molecular formula is C22H18FN7O2. The minimum absolute atomic E-state index is 0.0220. The van der Waals surface area contributed by atoms with Crippen molar-refractivity contribution in [3.05, 3.63) is 75.9 Å². The monoisotopic (exact) mass is 431 g/mol. The van der Waals surface area contributed by atoms with E-state index in [0.29, 0.717) is 29.3 Å². The van der Waals surface area contributed by atoms with Gasteiger partial charge in [0, 0.05) is 13.0 Å². The van der Waals surface area contributed by atoms with Gasteiger partial charge in [-0.25, -0.2) is 14.4 Å². The zero-order valence-corrected chi connectivity index (χ0v) is 17.4. The first-order valence-corrected chi connectivity index (χ1v) is 10.0. The fourth-order valence-corrected chi connectivity index (χ4v) is 4.08. The molecule has 0 amide bonds. The Bertz CT molecular complexity index is 1470. The predicted molar refractivity (Wildman–Crippen MR) is 112 cm³/mol. The number of hydrogen-bond donors (Lipinski definition) is 0. The lowest BCUT2D eigenvalue weighted by molar-refractivity contribution is 0.359. The third-order valence-electron chi connectivity index (χ3n) is 5.82. The van der Waals surface area contributed by atoms with Crippen molar-refractivity contribution in [3.63, 3.8) is 0 Å². The highest BCUT2D eigenvalue weighted by Crippen LogP contribution is 2.41. The maximum atomic E-state index is 14.0. The first kappa shape index (κ1) is 19.8. The standard InChI is InChI=1S/C22H18FN7O2/c1-12-5-15(13-3-4-14(8-24)17(23)7-13)6-16(12)20-27-18(32-28-20)9-30-11-26-21-19(22(30)31)29(2)10-25-21/h3-5,7,10-12,16H,6,9H2,1-2H3/t12-,16+/m1/s1. The Morgan fingerprint density at radius 1 is 1.31 bits per heavy atom. The molecule has 1 aliphatic carbocycles. The Kier molecular flexibility index (Phi) is 4.66. The fourth-order valence-electron chi connectivity index (χ4n) is 4.08. The van der Waals surface area contributed by atoms with Crippen molar-refractivity contribution in [1.29, 1.82) is 5.26 Å². The molecule has 0 aliphatic heterocycles. The van der Waals surface area contributed by atoms with Crippen molar-refractivity contribution in [2.45, 2.75) is 25.8 Å². The number of nitrogens with zero attached hydrogens (tertiary/aromatic N) is 7. The van der Waals surface area contributed by atoms with Gasteiger partial charge in [-0.2, -0.15) is 10.2 Å². The van der Waals surface area contributed by atoms with Gasteiger partial charge in [0.2, 0.25) is 5.89 Å². The summed E-state index contributed by atoms with van der Waals surface area (Å²) in [6.07, 6.45) is 5.64. The van der Waals surface area contributed by atoms with Crippen LogP contribution in [0.2, 0.25) is 0 Å². The van der Waals surface area contributed by atoms with Gasteiger partial charge in [0.15, 0.2) is 17.0 Å². The number of aromatic nitrogens is 6. The molecule has 2 atom stereocenters. The molecule has 0 N–H and O–H groups in total. The van der Waals surface area contributed by atoms with Crippen LogP contribution in [-0.4, -0.2) is 29.2 Å². The Balaban J connectivity index is 1.36. The van der Waals surface area contributed by atoms with Crippen LogP contribution in [0, 0.1) is 23.1 Å². The maximum Gasteiger partial charge on any atom is 0.280 e. The van der Waals surface area contributed by atoms with Gasteiger partial charge in [-0.3, -0.25) is 9.36 Å². The highest BCUT2D eigenvalue weighted by molar-refractivity contribution is 5.70. The number of imidazole rings is 1. The molecular weight excluding hydrogens is 413 g/mol. The average molecular weight is 431 g/mol. The Labute approximate surface area is 181 Å². The van der Waals surface area contributed by atoms with E-state index in [1.54, 1.807) is 24.0 Å². The summed E-state index contributed by atoms with van der Waals surface area (Å²) >= 11 is 0. The van der Waals surface area contributed by atoms with Crippen LogP contribution in [-0.2, 0) is 13.6 Å². The van der Waals surface area contributed by atoms with Gasteiger partial charge in [0.05, 0.1) is 11.9 Å². The second kappa shape index (κ2) is 7.53. The number of benzene rings is 1. The van der Waals surface area contributed by atoms with Crippen LogP contribution in [0.15, 0.2) is 46.2 Å². The van der Waals surface area contributed by atoms with Crippen LogP contribution in [0.5, 0.6) is 0 Å². The van der Waals surface area contributed by atoms with Gasteiger partial charge in [-0.05, 0) is 35.6 Å². The van der Waals surface area contributed by atoms with Crippen molar-refractivity contribution in [1.82, 2.24) is 29.2 Å². The topological polar surface area (TPSA) is 115 Å². The summed E-state index contributed by atoms with van der Waals surface area (Å²) in [7, 11) is 1.74. The summed E-state index contributed by atoms with van der Waals surface area (Å²) in [5, 5.41) is 13.1. The highest BCUT2D eigenvalue weighted by Gasteiger charge is 2.30. The molecule has 3 heterocycles. The summed E-state index contributed by atoms with van der Waals surface area (Å²) < 4.78 is 22.5. The molecule has 0 fully saturated rings. The van der Waals surface area contributed by atoms with Crippen molar-refractivity contribution in [3.8, 4) is 6.07 Å². The lowest BCUT2D eigenvalue weighted by Crippen LogP contribution is -2.22. The first-order chi connectivity index (χ1) is 15.4. The molecule has 0 bridgehead atoms. The second-order valence-electron chi connectivity index (χ2n) is 7.92. The first-order valence-electron chi connectivity index (χ1n) is 10.0. The zero-order chi connectivity index (χ0) is 22.4. The molecule has 0 saturated carbocycles. The lowest BCUT2D eigenvalue weighted by atomic mass is 9.95. The van der Waals surface area contributed by atoms with Gasteiger partial charge < -0.3 is 9.09 Å². The van der Waals surface area contributed by atoms with Crippen molar-refractivity contribution < 1.29 is 8.91 Å². The Hall–Kier alpha value is -4.13. The van der Waals surface area contributed by atoms with Gasteiger partial charge in [-0.1, -0.05) is 24.2 Å². The van der Waals surface area contributed by atoms with Crippen molar-refractivity contribution in [2.24, 2.45) is 13.0 Å². The summed E-state index contributed by atoms with van der Waals surface area (Å²) in [4.78, 5) is 25.5. The average Bonchev–Trinajstić information content (AvgIpc) is 3.49. The number of aryl methyl sites for hydroxylation is 1. The molecule has 1 aromatic carbocycles. The van der Waals surface area contributed by atoms with E-state index in [1.165, 1.54) is 23.0 Å². The van der Waals surface area contributed by atoms with E-state index in [1.807, 2.05) is 13.0 Å². The van der Waals surface area contributed by atoms with E-state index in [2.05, 4.69) is 26.2 Å². The van der Waals surface area contributed by atoms with Crippen molar-refractivity contribution in [2.75, 3.05) is 0 Å². The van der Waals surface area contributed by atoms with Crippen LogP contribution in [0.3, 0.4) is 0 Å². The van der Waals surface area contributed by atoms with Gasteiger partial charge in [-0.15, -0.1) is 0 Å². The third kappa shape index (κ3) is 3.28. The second-order valence-corrected chi connectivity index (χ2v) is 7.92. The number of halogens is 1. The molecule has 9 nitrogen and oxygen atoms in total. The maximum absolute atomic E-state index is 14.0. The van der Waals surface area contributed by atoms with E-state index in [0.717, 1.165) is 11.1 Å². The molecule has 10 heteroatoms. The normalized spacial score (nSPS) is 18.1. The molecule has 0 radical (unpaired) electrons. The van der Waals surface area contributed by atoms with Crippen molar-refractivity contribution >= 4 is 16.7 Å². The number of hydrogen-bond acceptors (Lipinski definition) is 7. The molecule has 0 saturated heterocycles. The van der Waals surface area contributed by atoms with Gasteiger partial charge >= 0.3 is 0 Å². The smallest absolute Gasteiger partial charge is 0.280 e. The lowest BCUT2D eigenvalue weighted by Gasteiger charge is -2.10. The molecule has 160 valence electrons. The molecule has 5 rings (SSSR count). The van der Waals surface area contributed by atoms with E-state index in [-0.39, 0.29) is 29.5 Å². The number of rotatable bonds is 4. The fraction of sp³-hybridized carbons (Fsp3) is 0.273. The van der Waals surface area contributed by atoms with Crippen LogP contribution < -0.4 is 5.56 Å². The quantitative estimate of drug-likeness (QED) is 0.488. The number of nitriles is 1. The summed E-state index contributed by atoms with van der Waals surface area (Å²) in [6.45, 7) is 2.14. The minimum Gasteiger partial charge on any atom is -0.337 e. The Morgan fingerprint density at radius 2 is 2.12 bits per heavy atom. The largest absolute Gasteiger partial charge is 0.337 e. The van der Waals surface area contributed by atoms with E-state index in [9.17, 15) is 9.18 Å². The summed E-state index contributed by atoms with van der Waals surface area (Å²) in [6, 6.07) is 6.45. The number of allylic oxidation sites excluding steroid dienone is 2. The van der Waals surface area contributed by atoms with Gasteiger partial charge in [0.25, 0.3) is 5.56 Å². The van der Waals surface area contributed by atoms with E-state index < -0.39 is 5.82 Å². The molecule has 3 aromatic heterocycles. The van der Waals surface area contributed by atoms with E-state index >= 15 is 0 Å². The van der Waals surface area contributed by atoms with E-state index in [4.69, 9.17) is 9.78 Å². The minimum atomic E-state index is -0.534. The van der Waals surface area contributed by atoms with Crippen LogP contribution in [0.25, 0.3) is 16.7 Å². The molecule has 0 spiro atoms. The Morgan fingerprint density at radius 3 is 2.91 bits per heavy atom. The molecule has 32 heavy (non-hydrogen) atoms. The highest BCUT2D eigenvalue weighted by atomic mass is 19.1.